The van der Waals surface area contributed by atoms with Gasteiger partial charge in [-0.25, -0.2) is 0 Å². The second-order valence-electron chi connectivity index (χ2n) is 10.0. The molecule has 0 amide bonds. The van der Waals surface area contributed by atoms with Crippen molar-refractivity contribution in [1.82, 2.24) is 10.1 Å². The molecular weight excluding hydrogens is 396 g/mol. The number of nitrogens with zero attached hydrogens (tertiary/aromatic N) is 2. The number of aromatic nitrogens is 2. The second kappa shape index (κ2) is 9.89. The molecule has 4 nitrogen and oxygen atoms in total. The van der Waals surface area contributed by atoms with Gasteiger partial charge in [0.15, 0.2) is 0 Å². The number of benzene rings is 2. The van der Waals surface area contributed by atoms with E-state index in [9.17, 15) is 0 Å². The number of hydrogen-bond donors (Lipinski definition) is 0. The molecule has 1 aromatic heterocycles. The third kappa shape index (κ3) is 5.59. The topological polar surface area (TPSA) is 48.2 Å². The van der Waals surface area contributed by atoms with Gasteiger partial charge in [-0.1, -0.05) is 88.7 Å². The summed E-state index contributed by atoms with van der Waals surface area (Å²) in [5.41, 5.74) is 5.07. The highest BCUT2D eigenvalue weighted by Gasteiger charge is 2.26. The van der Waals surface area contributed by atoms with E-state index in [1.54, 1.807) is 0 Å². The van der Waals surface area contributed by atoms with Crippen LogP contribution in [0.5, 0.6) is 5.75 Å². The first-order valence-corrected chi connectivity index (χ1v) is 11.8. The Morgan fingerprint density at radius 1 is 0.906 bits per heavy atom. The maximum Gasteiger partial charge on any atom is 0.227 e. The van der Waals surface area contributed by atoms with Gasteiger partial charge in [0, 0.05) is 17.5 Å². The Hall–Kier alpha value is -2.62. The Balaban J connectivity index is 1.65. The summed E-state index contributed by atoms with van der Waals surface area (Å²) in [7, 11) is 0. The highest BCUT2D eigenvalue weighted by atomic mass is 16.5. The fraction of sp³-hybridized carbons (Fsp3) is 0.500. The predicted molar refractivity (Wildman–Crippen MR) is 131 cm³/mol. The Morgan fingerprint density at radius 2 is 1.59 bits per heavy atom. The lowest BCUT2D eigenvalue weighted by Gasteiger charge is -2.30. The van der Waals surface area contributed by atoms with Crippen LogP contribution in [0, 0.1) is 6.92 Å². The predicted octanol–water partition coefficient (Wildman–Crippen LogP) is 7.43. The summed E-state index contributed by atoms with van der Waals surface area (Å²) in [5.74, 6) is 2.28. The molecule has 0 atom stereocenters. The van der Waals surface area contributed by atoms with Crippen LogP contribution in [0.4, 0.5) is 0 Å². The van der Waals surface area contributed by atoms with Crippen LogP contribution in [-0.2, 0) is 17.3 Å². The molecule has 0 fully saturated rings. The Labute approximate surface area is 193 Å². The third-order valence-corrected chi connectivity index (χ3v) is 6.83. The van der Waals surface area contributed by atoms with Crippen LogP contribution in [0.1, 0.15) is 83.4 Å². The van der Waals surface area contributed by atoms with E-state index in [4.69, 9.17) is 9.26 Å². The molecule has 0 saturated carbocycles. The molecular formula is C28H38N2O2. The summed E-state index contributed by atoms with van der Waals surface area (Å²) in [5, 5.41) is 4.12. The monoisotopic (exact) mass is 434 g/mol. The van der Waals surface area contributed by atoms with Crippen molar-refractivity contribution in [2.24, 2.45) is 0 Å². The smallest absolute Gasteiger partial charge is 0.227 e. The Morgan fingerprint density at radius 3 is 2.25 bits per heavy atom. The minimum absolute atomic E-state index is 0.0601. The zero-order valence-electron chi connectivity index (χ0n) is 20.8. The number of hydrogen-bond acceptors (Lipinski definition) is 4. The summed E-state index contributed by atoms with van der Waals surface area (Å²) in [4.78, 5) is 4.54. The second-order valence-corrected chi connectivity index (χ2v) is 10.0. The molecule has 172 valence electrons. The van der Waals surface area contributed by atoms with Gasteiger partial charge in [-0.3, -0.25) is 0 Å². The SMILES string of the molecule is CCC(C)(C)c1ccc(OCCCc2nc(-c3ccc(C)cc3)no2)c(C(C)(C)CC)c1. The summed E-state index contributed by atoms with van der Waals surface area (Å²) >= 11 is 0. The van der Waals surface area contributed by atoms with Crippen LogP contribution >= 0.6 is 0 Å². The van der Waals surface area contributed by atoms with E-state index < -0.39 is 0 Å². The van der Waals surface area contributed by atoms with Gasteiger partial charge in [0.05, 0.1) is 6.61 Å². The van der Waals surface area contributed by atoms with Gasteiger partial charge >= 0.3 is 0 Å². The molecule has 0 radical (unpaired) electrons. The van der Waals surface area contributed by atoms with Crippen molar-refractivity contribution < 1.29 is 9.26 Å². The molecule has 0 N–H and O–H groups in total. The molecule has 0 aliphatic heterocycles. The minimum Gasteiger partial charge on any atom is -0.493 e. The van der Waals surface area contributed by atoms with E-state index in [0.717, 1.165) is 30.6 Å². The van der Waals surface area contributed by atoms with E-state index >= 15 is 0 Å². The summed E-state index contributed by atoms with van der Waals surface area (Å²) < 4.78 is 11.7. The largest absolute Gasteiger partial charge is 0.493 e. The van der Waals surface area contributed by atoms with Gasteiger partial charge < -0.3 is 9.26 Å². The molecule has 0 saturated heterocycles. The van der Waals surface area contributed by atoms with Crippen LogP contribution in [0.2, 0.25) is 0 Å². The van der Waals surface area contributed by atoms with Crippen LogP contribution in [-0.4, -0.2) is 16.7 Å². The quantitative estimate of drug-likeness (QED) is 0.311. The summed E-state index contributed by atoms with van der Waals surface area (Å²) in [6.45, 7) is 16.4. The Kier molecular flexibility index (Phi) is 7.43. The average Bonchev–Trinajstić information content (AvgIpc) is 3.26. The number of rotatable bonds is 10. The highest BCUT2D eigenvalue weighted by molar-refractivity contribution is 5.54. The van der Waals surface area contributed by atoms with Crippen LogP contribution in [0.3, 0.4) is 0 Å². The molecule has 0 bridgehead atoms. The molecule has 3 rings (SSSR count). The van der Waals surface area contributed by atoms with Gasteiger partial charge in [0.1, 0.15) is 5.75 Å². The molecule has 1 heterocycles. The van der Waals surface area contributed by atoms with E-state index in [1.165, 1.54) is 16.7 Å². The number of ether oxygens (including phenoxy) is 1. The van der Waals surface area contributed by atoms with Crippen molar-refractivity contribution >= 4 is 0 Å². The van der Waals surface area contributed by atoms with Crippen molar-refractivity contribution in [2.45, 2.75) is 85.0 Å². The van der Waals surface area contributed by atoms with E-state index in [0.29, 0.717) is 24.7 Å². The zero-order chi connectivity index (χ0) is 23.4. The Bertz CT molecular complexity index is 1020. The van der Waals surface area contributed by atoms with Crippen molar-refractivity contribution in [3.63, 3.8) is 0 Å². The standard InChI is InChI=1S/C28H38N2O2/c1-8-27(4,5)22-16-17-24(23(19-22)28(6,7)9-2)31-18-10-11-25-29-26(30-32-25)21-14-12-20(3)13-15-21/h12-17,19H,8-11,18H2,1-7H3. The molecule has 32 heavy (non-hydrogen) atoms. The first-order valence-electron chi connectivity index (χ1n) is 11.8. The lowest BCUT2D eigenvalue weighted by atomic mass is 9.76. The third-order valence-electron chi connectivity index (χ3n) is 6.83. The van der Waals surface area contributed by atoms with E-state index in [1.807, 2.05) is 12.1 Å². The maximum absolute atomic E-state index is 6.26. The summed E-state index contributed by atoms with van der Waals surface area (Å²) in [6, 6.07) is 14.9. The molecule has 4 heteroatoms. The van der Waals surface area contributed by atoms with E-state index in [2.05, 4.69) is 88.9 Å². The maximum atomic E-state index is 6.26. The first-order chi connectivity index (χ1) is 15.2. The minimum atomic E-state index is 0.0601. The van der Waals surface area contributed by atoms with Crippen molar-refractivity contribution in [3.8, 4) is 17.1 Å². The van der Waals surface area contributed by atoms with Gasteiger partial charge in [-0.15, -0.1) is 0 Å². The van der Waals surface area contributed by atoms with Crippen LogP contribution in [0.25, 0.3) is 11.4 Å². The van der Waals surface area contributed by atoms with Crippen molar-refractivity contribution in [3.05, 3.63) is 65.0 Å². The fourth-order valence-electron chi connectivity index (χ4n) is 3.58. The van der Waals surface area contributed by atoms with Crippen molar-refractivity contribution in [1.29, 1.82) is 0 Å². The first kappa shape index (κ1) is 24.0. The van der Waals surface area contributed by atoms with Crippen LogP contribution in [0.15, 0.2) is 47.0 Å². The average molecular weight is 435 g/mol. The fourth-order valence-corrected chi connectivity index (χ4v) is 3.58. The molecule has 0 spiro atoms. The van der Waals surface area contributed by atoms with Crippen LogP contribution < -0.4 is 4.74 Å². The summed E-state index contributed by atoms with van der Waals surface area (Å²) in [6.07, 6.45) is 3.69. The van der Waals surface area contributed by atoms with E-state index in [-0.39, 0.29) is 10.8 Å². The van der Waals surface area contributed by atoms with Gasteiger partial charge in [0.25, 0.3) is 0 Å². The molecule has 2 aromatic carbocycles. The molecule has 0 aliphatic rings. The molecule has 0 aliphatic carbocycles. The lowest BCUT2D eigenvalue weighted by Crippen LogP contribution is -2.21. The van der Waals surface area contributed by atoms with Crippen molar-refractivity contribution in [2.75, 3.05) is 6.61 Å². The normalized spacial score (nSPS) is 12.2. The van der Waals surface area contributed by atoms with Gasteiger partial charge in [-0.05, 0) is 48.6 Å². The number of aryl methyl sites for hydroxylation is 2. The van der Waals surface area contributed by atoms with Gasteiger partial charge in [-0.2, -0.15) is 4.98 Å². The highest BCUT2D eigenvalue weighted by Crippen LogP contribution is 2.38. The molecule has 3 aromatic rings. The zero-order valence-corrected chi connectivity index (χ0v) is 20.8. The lowest BCUT2D eigenvalue weighted by molar-refractivity contribution is 0.289. The molecule has 0 unspecified atom stereocenters. The van der Waals surface area contributed by atoms with Gasteiger partial charge in [0.2, 0.25) is 11.7 Å².